The van der Waals surface area contributed by atoms with Crippen molar-refractivity contribution in [2.75, 3.05) is 6.54 Å². The van der Waals surface area contributed by atoms with Crippen molar-refractivity contribution in [2.45, 2.75) is 97.8 Å². The molecule has 4 saturated carbocycles. The molecule has 1 amide bonds. The molecule has 2 heteroatoms. The summed E-state index contributed by atoms with van der Waals surface area (Å²) in [5.74, 6) is 7.24. The monoisotopic (exact) mass is 373 g/mol. The van der Waals surface area contributed by atoms with E-state index in [1.807, 2.05) is 6.92 Å². The van der Waals surface area contributed by atoms with Crippen LogP contribution in [0, 0.1) is 46.8 Å². The summed E-state index contributed by atoms with van der Waals surface area (Å²) in [6.45, 7) is 8.04. The predicted octanol–water partition coefficient (Wildman–Crippen LogP) is 6.20. The van der Waals surface area contributed by atoms with E-state index in [0.29, 0.717) is 5.41 Å². The van der Waals surface area contributed by atoms with Gasteiger partial charge in [-0.15, -0.1) is 0 Å². The summed E-state index contributed by atoms with van der Waals surface area (Å²) in [6, 6.07) is 0. The van der Waals surface area contributed by atoms with Crippen LogP contribution in [0.5, 0.6) is 0 Å². The van der Waals surface area contributed by atoms with Crippen LogP contribution < -0.4 is 5.32 Å². The third-order valence-corrected chi connectivity index (χ3v) is 9.76. The van der Waals surface area contributed by atoms with Crippen LogP contribution in [0.4, 0.5) is 0 Å². The van der Waals surface area contributed by atoms with Gasteiger partial charge in [-0.1, -0.05) is 33.1 Å². The van der Waals surface area contributed by atoms with E-state index >= 15 is 0 Å². The molecule has 8 unspecified atom stereocenters. The van der Waals surface area contributed by atoms with E-state index in [2.05, 4.69) is 19.2 Å². The first-order chi connectivity index (χ1) is 13.0. The molecular formula is C25H43NO. The van der Waals surface area contributed by atoms with E-state index in [0.717, 1.165) is 60.8 Å². The van der Waals surface area contributed by atoms with E-state index in [1.54, 1.807) is 0 Å². The Hall–Kier alpha value is -0.530. The van der Waals surface area contributed by atoms with Crippen molar-refractivity contribution >= 4 is 5.91 Å². The molecule has 0 aliphatic heterocycles. The van der Waals surface area contributed by atoms with Crippen LogP contribution >= 0.6 is 0 Å². The average Bonchev–Trinajstić information content (AvgIpc) is 2.98. The second-order valence-corrected chi connectivity index (χ2v) is 10.9. The van der Waals surface area contributed by atoms with Gasteiger partial charge in [-0.05, 0) is 105 Å². The van der Waals surface area contributed by atoms with E-state index in [9.17, 15) is 4.79 Å². The van der Waals surface area contributed by atoms with Gasteiger partial charge in [-0.3, -0.25) is 4.79 Å². The third-order valence-electron chi connectivity index (χ3n) is 9.76. The van der Waals surface area contributed by atoms with Gasteiger partial charge in [0.05, 0.1) is 0 Å². The topological polar surface area (TPSA) is 29.1 Å². The second kappa shape index (κ2) is 8.07. The Morgan fingerprint density at radius 3 is 2.70 bits per heavy atom. The molecule has 0 radical (unpaired) electrons. The van der Waals surface area contributed by atoms with Crippen LogP contribution in [0.1, 0.15) is 97.8 Å². The number of amides is 1. The lowest BCUT2D eigenvalue weighted by Crippen LogP contribution is -2.51. The maximum absolute atomic E-state index is 11.8. The maximum atomic E-state index is 11.8. The smallest absolute Gasteiger partial charge is 0.219 e. The molecule has 0 bridgehead atoms. The normalized spacial score (nSPS) is 46.3. The highest BCUT2D eigenvalue weighted by Crippen LogP contribution is 2.65. The minimum Gasteiger partial charge on any atom is -0.356 e. The van der Waals surface area contributed by atoms with Crippen LogP contribution in [-0.2, 0) is 4.79 Å². The first-order valence-electron chi connectivity index (χ1n) is 12.3. The fourth-order valence-corrected chi connectivity index (χ4v) is 8.65. The van der Waals surface area contributed by atoms with E-state index < -0.39 is 0 Å². The largest absolute Gasteiger partial charge is 0.356 e. The Morgan fingerprint density at radius 2 is 1.89 bits per heavy atom. The fourth-order valence-electron chi connectivity index (χ4n) is 8.65. The van der Waals surface area contributed by atoms with Gasteiger partial charge < -0.3 is 5.32 Å². The first-order valence-corrected chi connectivity index (χ1v) is 12.3. The molecule has 4 rings (SSSR count). The second-order valence-electron chi connectivity index (χ2n) is 10.9. The molecule has 4 aliphatic carbocycles. The quantitative estimate of drug-likeness (QED) is 0.611. The molecule has 0 aromatic heterocycles. The predicted molar refractivity (Wildman–Crippen MR) is 112 cm³/mol. The molecule has 0 aromatic rings. The van der Waals surface area contributed by atoms with E-state index in [4.69, 9.17) is 0 Å². The number of hydrogen-bond acceptors (Lipinski definition) is 1. The summed E-state index contributed by atoms with van der Waals surface area (Å²) in [4.78, 5) is 11.8. The zero-order chi connectivity index (χ0) is 19.0. The molecular weight excluding hydrogens is 330 g/mol. The SMILES string of the molecule is CCNC(=O)CCCC1CCC2C3C(C)CC4CCCCC4C3CCC12C. The minimum atomic E-state index is 0.255. The van der Waals surface area contributed by atoms with E-state index in [1.165, 1.54) is 64.2 Å². The number of fused-ring (bicyclic) bond motifs is 5. The molecule has 1 N–H and O–H groups in total. The van der Waals surface area contributed by atoms with Crippen LogP contribution in [0.2, 0.25) is 0 Å². The number of carbonyl (C=O) groups excluding carboxylic acids is 1. The van der Waals surface area contributed by atoms with E-state index in [-0.39, 0.29) is 5.91 Å². The molecule has 2 nitrogen and oxygen atoms in total. The summed E-state index contributed by atoms with van der Waals surface area (Å²) in [7, 11) is 0. The minimum absolute atomic E-state index is 0.255. The van der Waals surface area contributed by atoms with Gasteiger partial charge in [0.25, 0.3) is 0 Å². The fraction of sp³-hybridized carbons (Fsp3) is 0.960. The summed E-state index contributed by atoms with van der Waals surface area (Å²) in [6.07, 6.45) is 16.6. The highest BCUT2D eigenvalue weighted by atomic mass is 16.1. The molecule has 0 aromatic carbocycles. The van der Waals surface area contributed by atoms with Gasteiger partial charge in [0, 0.05) is 13.0 Å². The highest BCUT2D eigenvalue weighted by Gasteiger charge is 2.57. The molecule has 0 saturated heterocycles. The van der Waals surface area contributed by atoms with Gasteiger partial charge in [-0.2, -0.15) is 0 Å². The lowest BCUT2D eigenvalue weighted by Gasteiger charge is -2.58. The number of rotatable bonds is 5. The van der Waals surface area contributed by atoms with Crippen molar-refractivity contribution in [3.05, 3.63) is 0 Å². The van der Waals surface area contributed by atoms with Crippen LogP contribution in [0.25, 0.3) is 0 Å². The molecule has 0 spiro atoms. The summed E-state index contributed by atoms with van der Waals surface area (Å²) >= 11 is 0. The third kappa shape index (κ3) is 3.60. The Bertz CT molecular complexity index is 530. The summed E-state index contributed by atoms with van der Waals surface area (Å²) in [5.41, 5.74) is 0.568. The Balaban J connectivity index is 1.42. The van der Waals surface area contributed by atoms with Crippen molar-refractivity contribution in [1.82, 2.24) is 5.32 Å². The standard InChI is InChI=1S/C25H43NO/c1-4-26-23(27)11-7-9-19-12-13-22-24-17(2)16-18-8-5-6-10-20(18)21(24)14-15-25(19,22)3/h17-22,24H,4-16H2,1-3H3,(H,26,27). The molecule has 0 heterocycles. The van der Waals surface area contributed by atoms with Gasteiger partial charge in [0.2, 0.25) is 5.91 Å². The van der Waals surface area contributed by atoms with Crippen LogP contribution in [-0.4, -0.2) is 12.5 Å². The molecule has 4 fully saturated rings. The molecule has 27 heavy (non-hydrogen) atoms. The number of carbonyl (C=O) groups is 1. The zero-order valence-electron chi connectivity index (χ0n) is 18.1. The van der Waals surface area contributed by atoms with Crippen molar-refractivity contribution in [3.8, 4) is 0 Å². The lowest BCUT2D eigenvalue weighted by molar-refractivity contribution is -0.121. The van der Waals surface area contributed by atoms with Crippen molar-refractivity contribution in [3.63, 3.8) is 0 Å². The van der Waals surface area contributed by atoms with Crippen LogP contribution in [0.15, 0.2) is 0 Å². The molecule has 154 valence electrons. The first kappa shape index (κ1) is 19.8. The Labute approximate surface area is 167 Å². The Kier molecular flexibility index (Phi) is 5.91. The highest BCUT2D eigenvalue weighted by molar-refractivity contribution is 5.75. The Morgan fingerprint density at radius 1 is 1.07 bits per heavy atom. The maximum Gasteiger partial charge on any atom is 0.219 e. The average molecular weight is 374 g/mol. The summed E-state index contributed by atoms with van der Waals surface area (Å²) < 4.78 is 0. The number of nitrogens with one attached hydrogen (secondary N) is 1. The van der Waals surface area contributed by atoms with Crippen molar-refractivity contribution in [2.24, 2.45) is 46.8 Å². The van der Waals surface area contributed by atoms with Gasteiger partial charge >= 0.3 is 0 Å². The van der Waals surface area contributed by atoms with Crippen molar-refractivity contribution in [1.29, 1.82) is 0 Å². The van der Waals surface area contributed by atoms with Gasteiger partial charge in [0.1, 0.15) is 0 Å². The number of hydrogen-bond donors (Lipinski definition) is 1. The summed E-state index contributed by atoms with van der Waals surface area (Å²) in [5, 5.41) is 2.97. The van der Waals surface area contributed by atoms with Gasteiger partial charge in [0.15, 0.2) is 0 Å². The molecule has 8 atom stereocenters. The van der Waals surface area contributed by atoms with Crippen molar-refractivity contribution < 1.29 is 4.79 Å². The van der Waals surface area contributed by atoms with Crippen LogP contribution in [0.3, 0.4) is 0 Å². The molecule has 4 aliphatic rings. The lowest BCUT2D eigenvalue weighted by atomic mass is 9.47. The zero-order valence-corrected chi connectivity index (χ0v) is 18.1. The van der Waals surface area contributed by atoms with Gasteiger partial charge in [-0.25, -0.2) is 0 Å².